The van der Waals surface area contributed by atoms with Crippen molar-refractivity contribution in [3.05, 3.63) is 64.2 Å². The summed E-state index contributed by atoms with van der Waals surface area (Å²) in [5.74, 6) is -1.55. The highest BCUT2D eigenvalue weighted by molar-refractivity contribution is 5.97. The fourth-order valence-corrected chi connectivity index (χ4v) is 2.62. The molecule has 0 saturated carbocycles. The van der Waals surface area contributed by atoms with Gasteiger partial charge in [0.1, 0.15) is 11.6 Å². The first-order valence-corrected chi connectivity index (χ1v) is 8.34. The molecule has 2 aromatic rings. The molecule has 0 spiro atoms. The molecular weight excluding hydrogens is 334 g/mol. The molecule has 2 rings (SSSR count). The predicted molar refractivity (Wildman–Crippen MR) is 98.2 cm³/mol. The van der Waals surface area contributed by atoms with Gasteiger partial charge in [-0.1, -0.05) is 6.92 Å². The molecule has 0 aliphatic heterocycles. The number of hydrogen-bond acceptors (Lipinski definition) is 2. The van der Waals surface area contributed by atoms with Gasteiger partial charge in [0.05, 0.1) is 11.6 Å². The number of rotatable bonds is 5. The molecule has 0 radical (unpaired) electrons. The van der Waals surface area contributed by atoms with E-state index in [4.69, 9.17) is 0 Å². The van der Waals surface area contributed by atoms with E-state index in [1.807, 2.05) is 13.0 Å². The molecule has 0 aliphatic rings. The fraction of sp³-hybridized carbons (Fsp3) is 0.238. The number of carbonyl (C=O) groups excluding carboxylic acids is 1. The van der Waals surface area contributed by atoms with E-state index in [2.05, 4.69) is 5.32 Å². The molecule has 0 aliphatic carbocycles. The van der Waals surface area contributed by atoms with Crippen LogP contribution in [-0.4, -0.2) is 12.5 Å². The second kappa shape index (κ2) is 8.39. The first-order valence-electron chi connectivity index (χ1n) is 8.34. The average Bonchev–Trinajstić information content (AvgIpc) is 2.61. The maximum Gasteiger partial charge on any atom is 0.246 e. The van der Waals surface area contributed by atoms with Gasteiger partial charge in [0.25, 0.3) is 0 Å². The van der Waals surface area contributed by atoms with E-state index in [0.717, 1.165) is 12.5 Å². The van der Waals surface area contributed by atoms with Gasteiger partial charge in [-0.3, -0.25) is 4.79 Å². The van der Waals surface area contributed by atoms with Crippen LogP contribution in [0.25, 0.3) is 17.2 Å². The van der Waals surface area contributed by atoms with Gasteiger partial charge in [-0.05, 0) is 67.3 Å². The van der Waals surface area contributed by atoms with E-state index < -0.39 is 11.6 Å². The van der Waals surface area contributed by atoms with E-state index >= 15 is 0 Å². The van der Waals surface area contributed by atoms with Crippen molar-refractivity contribution in [1.82, 2.24) is 5.32 Å². The number of nitrogens with zero attached hydrogens (tertiary/aromatic N) is 1. The molecular formula is C21H20F2N2O. The summed E-state index contributed by atoms with van der Waals surface area (Å²) in [6.07, 6.45) is 2.50. The Morgan fingerprint density at radius 1 is 1.23 bits per heavy atom. The molecule has 0 heterocycles. The molecule has 26 heavy (non-hydrogen) atoms. The van der Waals surface area contributed by atoms with Crippen LogP contribution >= 0.6 is 0 Å². The van der Waals surface area contributed by atoms with Crippen molar-refractivity contribution >= 4 is 12.0 Å². The molecule has 2 aromatic carbocycles. The monoisotopic (exact) mass is 354 g/mol. The molecule has 0 fully saturated rings. The Labute approximate surface area is 152 Å². The smallest absolute Gasteiger partial charge is 0.246 e. The number of amides is 1. The predicted octanol–water partition coefficient (Wildman–Crippen LogP) is 4.74. The SMILES string of the molecule is CCCNC(=O)/C(C)=C/c1cc(C#N)cc(-c2ccc(F)cc2F)c1C. The molecule has 1 amide bonds. The zero-order valence-electron chi connectivity index (χ0n) is 15.0. The minimum Gasteiger partial charge on any atom is -0.352 e. The number of halogens is 2. The van der Waals surface area contributed by atoms with Crippen molar-refractivity contribution in [2.45, 2.75) is 27.2 Å². The van der Waals surface area contributed by atoms with Crippen molar-refractivity contribution in [3.8, 4) is 17.2 Å². The molecule has 0 aromatic heterocycles. The van der Waals surface area contributed by atoms with E-state index in [-0.39, 0.29) is 11.5 Å². The van der Waals surface area contributed by atoms with Gasteiger partial charge in [0.2, 0.25) is 5.91 Å². The molecule has 0 atom stereocenters. The van der Waals surface area contributed by atoms with Crippen molar-refractivity contribution in [2.24, 2.45) is 0 Å². The van der Waals surface area contributed by atoms with Gasteiger partial charge in [0, 0.05) is 23.7 Å². The van der Waals surface area contributed by atoms with Gasteiger partial charge < -0.3 is 5.32 Å². The summed E-state index contributed by atoms with van der Waals surface area (Å²) in [7, 11) is 0. The number of carbonyl (C=O) groups is 1. The van der Waals surface area contributed by atoms with E-state index in [1.54, 1.807) is 32.1 Å². The number of benzene rings is 2. The third-order valence-electron chi connectivity index (χ3n) is 4.06. The molecule has 5 heteroatoms. The molecule has 1 N–H and O–H groups in total. The lowest BCUT2D eigenvalue weighted by atomic mass is 9.92. The average molecular weight is 354 g/mol. The normalized spacial score (nSPS) is 11.2. The van der Waals surface area contributed by atoms with E-state index in [1.165, 1.54) is 12.1 Å². The minimum absolute atomic E-state index is 0.192. The first kappa shape index (κ1) is 19.3. The minimum atomic E-state index is -0.699. The van der Waals surface area contributed by atoms with Crippen molar-refractivity contribution in [3.63, 3.8) is 0 Å². The second-order valence-electron chi connectivity index (χ2n) is 6.06. The van der Waals surface area contributed by atoms with Crippen LogP contribution in [0.5, 0.6) is 0 Å². The molecule has 0 unspecified atom stereocenters. The van der Waals surface area contributed by atoms with Gasteiger partial charge in [0.15, 0.2) is 0 Å². The van der Waals surface area contributed by atoms with Crippen molar-refractivity contribution in [2.75, 3.05) is 6.54 Å². The Balaban J connectivity index is 2.55. The second-order valence-corrected chi connectivity index (χ2v) is 6.06. The van der Waals surface area contributed by atoms with Gasteiger partial charge in [-0.25, -0.2) is 8.78 Å². The van der Waals surface area contributed by atoms with E-state index in [9.17, 15) is 18.8 Å². The Morgan fingerprint density at radius 3 is 2.58 bits per heavy atom. The van der Waals surface area contributed by atoms with Gasteiger partial charge in [-0.2, -0.15) is 5.26 Å². The number of hydrogen-bond donors (Lipinski definition) is 1. The number of nitrogens with one attached hydrogen (secondary N) is 1. The van der Waals surface area contributed by atoms with Gasteiger partial charge in [-0.15, -0.1) is 0 Å². The molecule has 134 valence electrons. The molecule has 0 saturated heterocycles. The first-order chi connectivity index (χ1) is 12.4. The number of nitriles is 1. The summed E-state index contributed by atoms with van der Waals surface area (Å²) >= 11 is 0. The summed E-state index contributed by atoms with van der Waals surface area (Å²) in [6, 6.07) is 8.60. The summed E-state index contributed by atoms with van der Waals surface area (Å²) in [5.41, 5.74) is 2.88. The summed E-state index contributed by atoms with van der Waals surface area (Å²) in [4.78, 5) is 12.1. The lowest BCUT2D eigenvalue weighted by Gasteiger charge is -2.12. The van der Waals surface area contributed by atoms with Crippen molar-refractivity contribution < 1.29 is 13.6 Å². The Kier molecular flexibility index (Phi) is 6.24. The van der Waals surface area contributed by atoms with Crippen LogP contribution in [0.3, 0.4) is 0 Å². The van der Waals surface area contributed by atoms with Gasteiger partial charge >= 0.3 is 0 Å². The van der Waals surface area contributed by atoms with Crippen molar-refractivity contribution in [1.29, 1.82) is 5.26 Å². The molecule has 0 bridgehead atoms. The lowest BCUT2D eigenvalue weighted by molar-refractivity contribution is -0.117. The summed E-state index contributed by atoms with van der Waals surface area (Å²) in [5, 5.41) is 12.1. The summed E-state index contributed by atoms with van der Waals surface area (Å²) < 4.78 is 27.4. The van der Waals surface area contributed by atoms with Crippen LogP contribution in [0.2, 0.25) is 0 Å². The van der Waals surface area contributed by atoms with Crippen LogP contribution < -0.4 is 5.32 Å². The Bertz CT molecular complexity index is 911. The van der Waals surface area contributed by atoms with Crippen LogP contribution in [0.1, 0.15) is 37.0 Å². The lowest BCUT2D eigenvalue weighted by Crippen LogP contribution is -2.24. The Morgan fingerprint density at radius 2 is 1.96 bits per heavy atom. The Hall–Kier alpha value is -3.00. The maximum absolute atomic E-state index is 14.2. The quantitative estimate of drug-likeness (QED) is 0.789. The third-order valence-corrected chi connectivity index (χ3v) is 4.06. The third kappa shape index (κ3) is 4.34. The topological polar surface area (TPSA) is 52.9 Å². The largest absolute Gasteiger partial charge is 0.352 e. The highest BCUT2D eigenvalue weighted by Crippen LogP contribution is 2.31. The zero-order chi connectivity index (χ0) is 19.3. The van der Waals surface area contributed by atoms with E-state index in [0.29, 0.717) is 34.4 Å². The van der Waals surface area contributed by atoms with Crippen LogP contribution in [-0.2, 0) is 4.79 Å². The van der Waals surface area contributed by atoms with Crippen LogP contribution in [0.4, 0.5) is 8.78 Å². The fourth-order valence-electron chi connectivity index (χ4n) is 2.62. The summed E-state index contributed by atoms with van der Waals surface area (Å²) in [6.45, 7) is 6.00. The van der Waals surface area contributed by atoms with Crippen LogP contribution in [0.15, 0.2) is 35.9 Å². The zero-order valence-corrected chi connectivity index (χ0v) is 15.0. The van der Waals surface area contributed by atoms with Crippen LogP contribution in [0, 0.1) is 29.9 Å². The molecule has 3 nitrogen and oxygen atoms in total. The highest BCUT2D eigenvalue weighted by Gasteiger charge is 2.14. The maximum atomic E-state index is 14.2. The standard InChI is InChI=1S/C21H20F2N2O/c1-4-7-25-21(26)13(2)8-16-9-15(12-24)10-19(14(16)3)18-6-5-17(22)11-20(18)23/h5-6,8-11H,4,7H2,1-3H3,(H,25,26)/b13-8+. The highest BCUT2D eigenvalue weighted by atomic mass is 19.1.